The Balaban J connectivity index is 1.17. The lowest BCUT2D eigenvalue weighted by Crippen LogP contribution is -2.31. The van der Waals surface area contributed by atoms with E-state index in [-0.39, 0.29) is 12.0 Å². The minimum absolute atomic E-state index is 0.174. The molecule has 52 heavy (non-hydrogen) atoms. The first-order valence-electron chi connectivity index (χ1n) is 18.4. The maximum atomic E-state index is 5.65. The van der Waals surface area contributed by atoms with Crippen molar-refractivity contribution in [3.63, 3.8) is 0 Å². The van der Waals surface area contributed by atoms with Crippen molar-refractivity contribution in [1.29, 1.82) is 0 Å². The molecule has 9 rings (SSSR count). The first-order chi connectivity index (χ1) is 25.5. The summed E-state index contributed by atoms with van der Waals surface area (Å²) in [6.07, 6.45) is 11.0. The lowest BCUT2D eigenvalue weighted by molar-refractivity contribution is 0.377. The molecule has 0 N–H and O–H groups in total. The van der Waals surface area contributed by atoms with E-state index in [0.29, 0.717) is 5.92 Å². The molecule has 3 aliphatic rings. The largest absolute Gasteiger partial charge is 0.258 e. The molecule has 3 heteroatoms. The Morgan fingerprint density at radius 1 is 0.846 bits per heavy atom. The quantitative estimate of drug-likeness (QED) is 0.0720. The van der Waals surface area contributed by atoms with Crippen LogP contribution >= 0.6 is 11.3 Å². The lowest BCUT2D eigenvalue weighted by atomic mass is 9.68. The summed E-state index contributed by atoms with van der Waals surface area (Å²) in [6, 6.07) is 38.9. The molecule has 252 valence electrons. The number of hydrogen-bond acceptors (Lipinski definition) is 2. The molecule has 2 nitrogen and oxygen atoms in total. The van der Waals surface area contributed by atoms with Crippen molar-refractivity contribution >= 4 is 65.5 Å². The zero-order valence-electron chi connectivity index (χ0n) is 29.7. The van der Waals surface area contributed by atoms with Crippen LogP contribution in [0.1, 0.15) is 67.8 Å². The van der Waals surface area contributed by atoms with E-state index >= 15 is 0 Å². The Kier molecular flexibility index (Phi) is 8.42. The van der Waals surface area contributed by atoms with Gasteiger partial charge in [0.1, 0.15) is 5.84 Å². The van der Waals surface area contributed by atoms with Gasteiger partial charge in [-0.15, -0.1) is 11.3 Å². The van der Waals surface area contributed by atoms with E-state index in [0.717, 1.165) is 53.9 Å². The van der Waals surface area contributed by atoms with Gasteiger partial charge in [-0.25, -0.2) is 4.99 Å². The first kappa shape index (κ1) is 32.4. The molecule has 3 atom stereocenters. The van der Waals surface area contributed by atoms with Gasteiger partial charge in [0.05, 0.1) is 6.04 Å². The molecule has 1 aromatic heterocycles. The maximum absolute atomic E-state index is 5.65. The van der Waals surface area contributed by atoms with Gasteiger partial charge in [0, 0.05) is 42.9 Å². The van der Waals surface area contributed by atoms with Crippen LogP contribution in [0.25, 0.3) is 42.6 Å². The third-order valence-electron chi connectivity index (χ3n) is 11.1. The molecule has 6 aromatic rings. The minimum atomic E-state index is -0.203. The SMILES string of the molecule is C=C(C)C(N=C(N=C(C)c1ccccc1)C1CCCC2=C(C3=C=C=Cc4cc5c(cc43)sc3ccccc35)C=CCC21)c1cccc2ccccc12. The second kappa shape index (κ2) is 13.5. The van der Waals surface area contributed by atoms with Gasteiger partial charge < -0.3 is 0 Å². The molecule has 1 fully saturated rings. The summed E-state index contributed by atoms with van der Waals surface area (Å²) in [4.78, 5) is 11.1. The highest BCUT2D eigenvalue weighted by Gasteiger charge is 2.36. The molecule has 5 aromatic carbocycles. The van der Waals surface area contributed by atoms with E-state index in [1.807, 2.05) is 11.3 Å². The van der Waals surface area contributed by atoms with E-state index in [9.17, 15) is 0 Å². The van der Waals surface area contributed by atoms with Crippen molar-refractivity contribution < 1.29 is 0 Å². The van der Waals surface area contributed by atoms with Gasteiger partial charge in [0.15, 0.2) is 0 Å². The van der Waals surface area contributed by atoms with E-state index in [1.165, 1.54) is 58.8 Å². The van der Waals surface area contributed by atoms with Crippen LogP contribution in [0, 0.1) is 11.8 Å². The number of nitrogens with zero attached hydrogens (tertiary/aromatic N) is 2. The zero-order valence-corrected chi connectivity index (χ0v) is 30.5. The number of aliphatic imine (C=N–C) groups is 2. The van der Waals surface area contributed by atoms with Crippen molar-refractivity contribution in [3.8, 4) is 0 Å². The van der Waals surface area contributed by atoms with Crippen molar-refractivity contribution in [3.05, 3.63) is 178 Å². The van der Waals surface area contributed by atoms with Crippen LogP contribution in [0.5, 0.6) is 0 Å². The molecular formula is C49H40N2S. The monoisotopic (exact) mass is 688 g/mol. The molecule has 0 radical (unpaired) electrons. The second-order valence-corrected chi connectivity index (χ2v) is 15.5. The summed E-state index contributed by atoms with van der Waals surface area (Å²) in [5, 5.41) is 5.07. The molecular weight excluding hydrogens is 649 g/mol. The summed E-state index contributed by atoms with van der Waals surface area (Å²) in [6.45, 7) is 8.72. The second-order valence-electron chi connectivity index (χ2n) is 14.4. The summed E-state index contributed by atoms with van der Waals surface area (Å²) in [5.41, 5.74) is 17.7. The smallest absolute Gasteiger partial charge is 0.128 e. The average Bonchev–Trinajstić information content (AvgIpc) is 3.55. The zero-order chi connectivity index (χ0) is 35.2. The predicted octanol–water partition coefficient (Wildman–Crippen LogP) is 13.3. The normalized spacial score (nSPS) is 19.2. The highest BCUT2D eigenvalue weighted by Crippen LogP contribution is 2.47. The molecule has 0 aliphatic heterocycles. The maximum Gasteiger partial charge on any atom is 0.128 e. The van der Waals surface area contributed by atoms with E-state index < -0.39 is 0 Å². The number of hydrogen-bond donors (Lipinski definition) is 0. The van der Waals surface area contributed by atoms with Crippen molar-refractivity contribution in [2.45, 2.75) is 45.6 Å². The lowest BCUT2D eigenvalue weighted by Gasteiger charge is -2.37. The fourth-order valence-electron chi connectivity index (χ4n) is 8.55. The van der Waals surface area contributed by atoms with Gasteiger partial charge in [-0.3, -0.25) is 4.99 Å². The predicted molar refractivity (Wildman–Crippen MR) is 223 cm³/mol. The van der Waals surface area contributed by atoms with Crippen LogP contribution in [0.2, 0.25) is 0 Å². The standard InChI is InChI=1S/C49H40N2S/c1-31(2)48(42-26-11-18-34-17-7-8-20-36(34)42)51-49(50-32(3)33-15-5-4-6-16-33)43-27-14-24-37-38(23-13-25-39(37)43)40-22-12-19-35-29-45-41-21-9-10-28-46(41)52-47(45)30-44(35)40/h4-11,13,15-21,23,26,28-30,39,43,48H,1,14,24-25,27H2,2-3H3. The summed E-state index contributed by atoms with van der Waals surface area (Å²) < 4.78 is 2.64. The first-order valence-corrected chi connectivity index (χ1v) is 19.2. The molecule has 3 aliphatic carbocycles. The molecule has 0 bridgehead atoms. The van der Waals surface area contributed by atoms with Crippen LogP contribution < -0.4 is 0 Å². The van der Waals surface area contributed by atoms with Gasteiger partial charge in [-0.05, 0) is 103 Å². The van der Waals surface area contributed by atoms with Crippen molar-refractivity contribution in [2.75, 3.05) is 0 Å². The average molecular weight is 689 g/mol. The minimum Gasteiger partial charge on any atom is -0.258 e. The van der Waals surface area contributed by atoms with E-state index in [1.54, 1.807) is 0 Å². The Labute approximate surface area is 310 Å². The van der Waals surface area contributed by atoms with Crippen LogP contribution in [0.4, 0.5) is 0 Å². The summed E-state index contributed by atoms with van der Waals surface area (Å²) in [7, 11) is 0. The Morgan fingerprint density at radius 2 is 1.63 bits per heavy atom. The fraction of sp³-hybridized carbons (Fsp3) is 0.184. The molecule has 0 spiro atoms. The summed E-state index contributed by atoms with van der Waals surface area (Å²) in [5.74, 6) is 1.40. The van der Waals surface area contributed by atoms with Crippen LogP contribution in [0.3, 0.4) is 0 Å². The molecule has 1 saturated carbocycles. The number of amidine groups is 1. The summed E-state index contributed by atoms with van der Waals surface area (Å²) >= 11 is 1.87. The van der Waals surface area contributed by atoms with Gasteiger partial charge >= 0.3 is 0 Å². The topological polar surface area (TPSA) is 24.7 Å². The third-order valence-corrected chi connectivity index (χ3v) is 12.2. The number of rotatable bonds is 6. The van der Waals surface area contributed by atoms with Gasteiger partial charge in [0.25, 0.3) is 0 Å². The Bertz CT molecular complexity index is 2640. The number of fused-ring (bicyclic) bond motifs is 6. The van der Waals surface area contributed by atoms with Gasteiger partial charge in [-0.1, -0.05) is 132 Å². The van der Waals surface area contributed by atoms with Crippen LogP contribution in [-0.4, -0.2) is 11.5 Å². The fourth-order valence-corrected chi connectivity index (χ4v) is 9.68. The third kappa shape index (κ3) is 5.78. The Hall–Kier alpha value is -5.56. The van der Waals surface area contributed by atoms with Crippen molar-refractivity contribution in [2.24, 2.45) is 21.8 Å². The highest BCUT2D eigenvalue weighted by atomic mass is 32.1. The number of allylic oxidation sites excluding steroid dienone is 5. The molecule has 0 amide bonds. The number of thiophene rings is 1. The van der Waals surface area contributed by atoms with Crippen LogP contribution in [0.15, 0.2) is 166 Å². The molecule has 0 saturated heterocycles. The number of benzene rings is 5. The Morgan fingerprint density at radius 3 is 2.50 bits per heavy atom. The van der Waals surface area contributed by atoms with Gasteiger partial charge in [-0.2, -0.15) is 0 Å². The van der Waals surface area contributed by atoms with Crippen LogP contribution in [-0.2, 0) is 0 Å². The highest BCUT2D eigenvalue weighted by molar-refractivity contribution is 7.25. The molecule has 1 heterocycles. The van der Waals surface area contributed by atoms with Crippen molar-refractivity contribution in [1.82, 2.24) is 0 Å². The van der Waals surface area contributed by atoms with Gasteiger partial charge in [0.2, 0.25) is 0 Å². The van der Waals surface area contributed by atoms with E-state index in [4.69, 9.17) is 9.98 Å². The molecule has 3 unspecified atom stereocenters. The van der Waals surface area contributed by atoms with E-state index in [2.05, 4.69) is 159 Å².